The fraction of sp³-hybridized carbons (Fsp3) is 0.333. The standard InChI is InChI=1S/C21H22ClFN2O2/c1-2-3-4-14-5-7-16(8-6-14)24-21(27)15-11-20(26)25(13-15)17-9-10-19(23)18(22)12-17/h5-10,12,15H,2-4,11,13H2,1H3,(H,24,27). The molecule has 0 bridgehead atoms. The maximum atomic E-state index is 13.3. The number of nitrogens with one attached hydrogen (secondary N) is 1. The van der Waals surface area contributed by atoms with Crippen LogP contribution >= 0.6 is 11.6 Å². The van der Waals surface area contributed by atoms with E-state index in [4.69, 9.17) is 11.6 Å². The zero-order valence-electron chi connectivity index (χ0n) is 15.2. The van der Waals surface area contributed by atoms with E-state index in [0.29, 0.717) is 5.69 Å². The van der Waals surface area contributed by atoms with Crippen LogP contribution in [0.2, 0.25) is 5.02 Å². The molecule has 1 aliphatic rings. The number of nitrogens with zero attached hydrogens (tertiary/aromatic N) is 1. The first-order valence-electron chi connectivity index (χ1n) is 9.13. The Balaban J connectivity index is 1.62. The summed E-state index contributed by atoms with van der Waals surface area (Å²) in [6, 6.07) is 11.9. The molecule has 27 heavy (non-hydrogen) atoms. The van der Waals surface area contributed by atoms with Crippen LogP contribution in [0.3, 0.4) is 0 Å². The number of halogens is 2. The molecule has 1 aliphatic heterocycles. The van der Waals surface area contributed by atoms with Gasteiger partial charge >= 0.3 is 0 Å². The minimum Gasteiger partial charge on any atom is -0.326 e. The third-order valence-electron chi connectivity index (χ3n) is 4.75. The number of hydrogen-bond acceptors (Lipinski definition) is 2. The highest BCUT2D eigenvalue weighted by molar-refractivity contribution is 6.31. The molecule has 0 aromatic heterocycles. The molecule has 2 aromatic rings. The van der Waals surface area contributed by atoms with E-state index in [2.05, 4.69) is 12.2 Å². The second-order valence-corrected chi connectivity index (χ2v) is 7.20. The van der Waals surface area contributed by atoms with Gasteiger partial charge in [-0.1, -0.05) is 37.1 Å². The van der Waals surface area contributed by atoms with Crippen LogP contribution in [-0.2, 0) is 16.0 Å². The Labute approximate surface area is 163 Å². The first-order valence-corrected chi connectivity index (χ1v) is 9.51. The van der Waals surface area contributed by atoms with Gasteiger partial charge in [-0.25, -0.2) is 4.39 Å². The molecular formula is C21H22ClFN2O2. The zero-order chi connectivity index (χ0) is 19.4. The number of hydrogen-bond donors (Lipinski definition) is 1. The maximum absolute atomic E-state index is 13.3. The number of carbonyl (C=O) groups is 2. The number of aryl methyl sites for hydroxylation is 1. The van der Waals surface area contributed by atoms with Crippen molar-refractivity contribution in [2.45, 2.75) is 32.6 Å². The molecule has 4 nitrogen and oxygen atoms in total. The number of carbonyl (C=O) groups excluding carboxylic acids is 2. The maximum Gasteiger partial charge on any atom is 0.229 e. The topological polar surface area (TPSA) is 49.4 Å². The minimum absolute atomic E-state index is 0.0450. The van der Waals surface area contributed by atoms with Gasteiger partial charge in [-0.2, -0.15) is 0 Å². The summed E-state index contributed by atoms with van der Waals surface area (Å²) in [6.07, 6.45) is 3.43. The Morgan fingerprint density at radius 2 is 2.00 bits per heavy atom. The van der Waals surface area contributed by atoms with Gasteiger partial charge in [-0.15, -0.1) is 0 Å². The molecular weight excluding hydrogens is 367 g/mol. The summed E-state index contributed by atoms with van der Waals surface area (Å²) < 4.78 is 13.3. The summed E-state index contributed by atoms with van der Waals surface area (Å²) in [5, 5.41) is 2.83. The number of rotatable bonds is 6. The van der Waals surface area contributed by atoms with Crippen LogP contribution in [0.15, 0.2) is 42.5 Å². The van der Waals surface area contributed by atoms with Crippen molar-refractivity contribution < 1.29 is 14.0 Å². The zero-order valence-corrected chi connectivity index (χ0v) is 15.9. The van der Waals surface area contributed by atoms with E-state index < -0.39 is 11.7 Å². The van der Waals surface area contributed by atoms with Gasteiger partial charge in [0.2, 0.25) is 11.8 Å². The smallest absolute Gasteiger partial charge is 0.229 e. The molecule has 1 atom stereocenters. The van der Waals surface area contributed by atoms with Crippen molar-refractivity contribution in [1.82, 2.24) is 0 Å². The van der Waals surface area contributed by atoms with E-state index in [1.54, 1.807) is 0 Å². The fourth-order valence-corrected chi connectivity index (χ4v) is 3.34. The largest absolute Gasteiger partial charge is 0.326 e. The Bertz CT molecular complexity index is 839. The average molecular weight is 389 g/mol. The van der Waals surface area contributed by atoms with Crippen molar-refractivity contribution in [2.24, 2.45) is 5.92 Å². The molecule has 1 heterocycles. The molecule has 0 spiro atoms. The predicted molar refractivity (Wildman–Crippen MR) is 106 cm³/mol. The van der Waals surface area contributed by atoms with Crippen molar-refractivity contribution >= 4 is 34.8 Å². The second kappa shape index (κ2) is 8.53. The highest BCUT2D eigenvalue weighted by Crippen LogP contribution is 2.29. The first kappa shape index (κ1) is 19.4. The van der Waals surface area contributed by atoms with Gasteiger partial charge in [0.25, 0.3) is 0 Å². The lowest BCUT2D eigenvalue weighted by Crippen LogP contribution is -2.28. The summed E-state index contributed by atoms with van der Waals surface area (Å²) in [6.45, 7) is 2.40. The molecule has 1 saturated heterocycles. The SMILES string of the molecule is CCCCc1ccc(NC(=O)C2CC(=O)N(c3ccc(F)c(Cl)c3)C2)cc1. The lowest BCUT2D eigenvalue weighted by molar-refractivity contribution is -0.122. The van der Waals surface area contributed by atoms with E-state index in [1.807, 2.05) is 24.3 Å². The minimum atomic E-state index is -0.538. The number of benzene rings is 2. The van der Waals surface area contributed by atoms with E-state index in [1.165, 1.54) is 28.7 Å². The lowest BCUT2D eigenvalue weighted by atomic mass is 10.1. The monoisotopic (exact) mass is 388 g/mol. The molecule has 0 radical (unpaired) electrons. The summed E-state index contributed by atoms with van der Waals surface area (Å²) in [5.41, 5.74) is 2.46. The van der Waals surface area contributed by atoms with Gasteiger partial charge in [0.1, 0.15) is 5.82 Å². The van der Waals surface area contributed by atoms with Gasteiger partial charge < -0.3 is 10.2 Å². The molecule has 1 unspecified atom stereocenters. The van der Waals surface area contributed by atoms with Crippen molar-refractivity contribution in [3.8, 4) is 0 Å². The van der Waals surface area contributed by atoms with Gasteiger partial charge in [0, 0.05) is 24.3 Å². The Hall–Kier alpha value is -2.40. The van der Waals surface area contributed by atoms with Crippen LogP contribution in [0.1, 0.15) is 31.7 Å². The molecule has 0 saturated carbocycles. The fourth-order valence-electron chi connectivity index (χ4n) is 3.17. The van der Waals surface area contributed by atoms with Crippen LogP contribution in [0.5, 0.6) is 0 Å². The summed E-state index contributed by atoms with van der Waals surface area (Å²) >= 11 is 5.80. The highest BCUT2D eigenvalue weighted by atomic mass is 35.5. The molecule has 142 valence electrons. The van der Waals surface area contributed by atoms with Crippen LogP contribution in [-0.4, -0.2) is 18.4 Å². The van der Waals surface area contributed by atoms with E-state index in [9.17, 15) is 14.0 Å². The van der Waals surface area contributed by atoms with Crippen molar-refractivity contribution in [3.05, 3.63) is 58.9 Å². The van der Waals surface area contributed by atoms with Gasteiger partial charge in [-0.05, 0) is 48.7 Å². The highest BCUT2D eigenvalue weighted by Gasteiger charge is 2.35. The van der Waals surface area contributed by atoms with Gasteiger partial charge in [-0.3, -0.25) is 9.59 Å². The van der Waals surface area contributed by atoms with Crippen LogP contribution in [0, 0.1) is 11.7 Å². The van der Waals surface area contributed by atoms with Crippen molar-refractivity contribution in [3.63, 3.8) is 0 Å². The molecule has 2 amide bonds. The molecule has 2 aromatic carbocycles. The molecule has 1 N–H and O–H groups in total. The number of anilines is 2. The van der Waals surface area contributed by atoms with Crippen LogP contribution in [0.25, 0.3) is 0 Å². The normalized spacial score (nSPS) is 16.6. The third-order valence-corrected chi connectivity index (χ3v) is 5.04. The Morgan fingerprint density at radius 3 is 2.67 bits per heavy atom. The second-order valence-electron chi connectivity index (χ2n) is 6.79. The van der Waals surface area contributed by atoms with Gasteiger partial charge in [0.15, 0.2) is 0 Å². The third kappa shape index (κ3) is 4.66. The molecule has 0 aliphatic carbocycles. The molecule has 6 heteroatoms. The molecule has 3 rings (SSSR count). The predicted octanol–water partition coefficient (Wildman–Crippen LogP) is 4.81. The summed E-state index contributed by atoms with van der Waals surface area (Å²) in [5.74, 6) is -1.36. The lowest BCUT2D eigenvalue weighted by Gasteiger charge is -2.17. The van der Waals surface area contributed by atoms with Crippen molar-refractivity contribution in [1.29, 1.82) is 0 Å². The van der Waals surface area contributed by atoms with E-state index >= 15 is 0 Å². The quantitative estimate of drug-likeness (QED) is 0.771. The van der Waals surface area contributed by atoms with E-state index in [-0.39, 0.29) is 29.8 Å². The molecule has 1 fully saturated rings. The van der Waals surface area contributed by atoms with E-state index in [0.717, 1.165) is 24.9 Å². The number of amides is 2. The Kier molecular flexibility index (Phi) is 6.11. The number of unbranched alkanes of at least 4 members (excludes halogenated alkanes) is 1. The summed E-state index contributed by atoms with van der Waals surface area (Å²) in [7, 11) is 0. The van der Waals surface area contributed by atoms with Crippen molar-refractivity contribution in [2.75, 3.05) is 16.8 Å². The Morgan fingerprint density at radius 1 is 1.26 bits per heavy atom. The summed E-state index contributed by atoms with van der Waals surface area (Å²) in [4.78, 5) is 26.3. The van der Waals surface area contributed by atoms with Crippen LogP contribution in [0.4, 0.5) is 15.8 Å². The first-order chi connectivity index (χ1) is 13.0. The average Bonchev–Trinajstić information content (AvgIpc) is 3.05. The van der Waals surface area contributed by atoms with Gasteiger partial charge in [0.05, 0.1) is 10.9 Å². The van der Waals surface area contributed by atoms with Crippen LogP contribution < -0.4 is 10.2 Å².